The second-order valence-electron chi connectivity index (χ2n) is 5.44. The van der Waals surface area contributed by atoms with Crippen LogP contribution in [-0.2, 0) is 9.53 Å². The van der Waals surface area contributed by atoms with Gasteiger partial charge in [-0.05, 0) is 49.6 Å². The smallest absolute Gasteiger partial charge is 0.344 e. The number of hydrogen-bond donors (Lipinski definition) is 0. The summed E-state index contributed by atoms with van der Waals surface area (Å²) in [7, 11) is 0. The maximum absolute atomic E-state index is 12.0. The summed E-state index contributed by atoms with van der Waals surface area (Å²) in [6.45, 7) is 5.31. The summed E-state index contributed by atoms with van der Waals surface area (Å²) in [5.41, 5.74) is 3.63. The minimum Gasteiger partial charge on any atom is -0.482 e. The molecule has 2 aromatic carbocycles. The molecule has 0 saturated carbocycles. The molecule has 0 radical (unpaired) electrons. The lowest BCUT2D eigenvalue weighted by atomic mass is 10.0. The van der Waals surface area contributed by atoms with E-state index in [4.69, 9.17) is 9.47 Å². The quantitative estimate of drug-likeness (QED) is 0.606. The minimum absolute atomic E-state index is 0.217. The molecule has 0 aromatic heterocycles. The number of carbonyl (C=O) groups is 2. The number of hydrogen-bond acceptors (Lipinski definition) is 4. The first-order valence-electron chi connectivity index (χ1n) is 7.42. The van der Waals surface area contributed by atoms with E-state index in [9.17, 15) is 9.59 Å². The molecule has 0 fully saturated rings. The lowest BCUT2D eigenvalue weighted by molar-refractivity contribution is -0.144. The molecule has 23 heavy (non-hydrogen) atoms. The molecule has 2 aromatic rings. The number of Topliss-reactive ketones (excluding diaryl/α,β-unsaturated/α-hetero) is 1. The van der Waals surface area contributed by atoms with Crippen molar-refractivity contribution in [3.8, 4) is 5.75 Å². The Morgan fingerprint density at radius 2 is 1.61 bits per heavy atom. The molecule has 120 valence electrons. The number of ketones is 1. The molecule has 0 amide bonds. The van der Waals surface area contributed by atoms with Crippen molar-refractivity contribution in [2.75, 3.05) is 13.2 Å². The molecule has 0 bridgehead atoms. The Bertz CT molecular complexity index is 719. The van der Waals surface area contributed by atoms with Gasteiger partial charge >= 0.3 is 5.97 Å². The van der Waals surface area contributed by atoms with Crippen molar-refractivity contribution >= 4 is 11.8 Å². The Balaban J connectivity index is 1.83. The molecule has 2 rings (SSSR count). The zero-order valence-corrected chi connectivity index (χ0v) is 13.6. The van der Waals surface area contributed by atoms with Crippen LogP contribution in [0.2, 0.25) is 0 Å². The van der Waals surface area contributed by atoms with E-state index < -0.39 is 5.97 Å². The molecule has 0 saturated heterocycles. The standard InChI is InChI=1S/C19H20O4/c1-13-8-9-16(10-15(13)3)17(20)11-23-19(21)12-22-18-7-5-4-6-14(18)2/h4-10H,11-12H2,1-3H3. The number of aryl methyl sites for hydroxylation is 3. The third-order valence-corrected chi connectivity index (χ3v) is 3.63. The first kappa shape index (κ1) is 16.7. The average Bonchev–Trinajstić information content (AvgIpc) is 2.54. The predicted octanol–water partition coefficient (Wildman–Crippen LogP) is 3.42. The van der Waals surface area contributed by atoms with E-state index in [0.717, 1.165) is 16.7 Å². The van der Waals surface area contributed by atoms with Crippen LogP contribution in [0.1, 0.15) is 27.0 Å². The number of carbonyl (C=O) groups excluding carboxylic acids is 2. The fourth-order valence-electron chi connectivity index (χ4n) is 2.04. The van der Waals surface area contributed by atoms with Gasteiger partial charge in [-0.15, -0.1) is 0 Å². The highest BCUT2D eigenvalue weighted by Crippen LogP contribution is 2.16. The van der Waals surface area contributed by atoms with Gasteiger partial charge in [0.05, 0.1) is 0 Å². The minimum atomic E-state index is -0.564. The first-order valence-corrected chi connectivity index (χ1v) is 7.42. The van der Waals surface area contributed by atoms with E-state index in [2.05, 4.69) is 0 Å². The Morgan fingerprint density at radius 3 is 2.30 bits per heavy atom. The molecular formula is C19H20O4. The summed E-state index contributed by atoms with van der Waals surface area (Å²) in [5.74, 6) is -0.160. The second kappa shape index (κ2) is 7.58. The van der Waals surface area contributed by atoms with Gasteiger partial charge in [-0.2, -0.15) is 0 Å². The number of esters is 1. The van der Waals surface area contributed by atoms with Crippen LogP contribution in [-0.4, -0.2) is 25.0 Å². The van der Waals surface area contributed by atoms with Crippen molar-refractivity contribution in [2.45, 2.75) is 20.8 Å². The highest BCUT2D eigenvalue weighted by atomic mass is 16.6. The largest absolute Gasteiger partial charge is 0.482 e. The molecule has 0 N–H and O–H groups in total. The van der Waals surface area contributed by atoms with Crippen LogP contribution < -0.4 is 4.74 Å². The van der Waals surface area contributed by atoms with Crippen LogP contribution in [0.5, 0.6) is 5.75 Å². The molecule has 0 aliphatic rings. The van der Waals surface area contributed by atoms with Gasteiger partial charge in [-0.25, -0.2) is 4.79 Å². The van der Waals surface area contributed by atoms with Crippen LogP contribution in [0.4, 0.5) is 0 Å². The van der Waals surface area contributed by atoms with E-state index in [0.29, 0.717) is 11.3 Å². The molecule has 0 aliphatic heterocycles. The Hall–Kier alpha value is -2.62. The second-order valence-corrected chi connectivity index (χ2v) is 5.44. The third-order valence-electron chi connectivity index (χ3n) is 3.63. The molecule has 0 heterocycles. The van der Waals surface area contributed by atoms with E-state index in [1.54, 1.807) is 18.2 Å². The van der Waals surface area contributed by atoms with Gasteiger partial charge in [0, 0.05) is 5.56 Å². The summed E-state index contributed by atoms with van der Waals surface area (Å²) in [4.78, 5) is 23.7. The van der Waals surface area contributed by atoms with E-state index in [-0.39, 0.29) is 19.0 Å². The fourth-order valence-corrected chi connectivity index (χ4v) is 2.04. The monoisotopic (exact) mass is 312 g/mol. The highest BCUT2D eigenvalue weighted by Gasteiger charge is 2.11. The van der Waals surface area contributed by atoms with Crippen LogP contribution in [0.15, 0.2) is 42.5 Å². The molecular weight excluding hydrogens is 292 g/mol. The van der Waals surface area contributed by atoms with Gasteiger partial charge in [-0.3, -0.25) is 4.79 Å². The van der Waals surface area contributed by atoms with Gasteiger partial charge in [0.2, 0.25) is 0 Å². The van der Waals surface area contributed by atoms with Crippen molar-refractivity contribution < 1.29 is 19.1 Å². The Labute approximate surface area is 136 Å². The van der Waals surface area contributed by atoms with Crippen LogP contribution in [0, 0.1) is 20.8 Å². The van der Waals surface area contributed by atoms with Gasteiger partial charge in [0.25, 0.3) is 0 Å². The summed E-state index contributed by atoms with van der Waals surface area (Å²) >= 11 is 0. The van der Waals surface area contributed by atoms with Crippen LogP contribution in [0.3, 0.4) is 0 Å². The van der Waals surface area contributed by atoms with Gasteiger partial charge < -0.3 is 9.47 Å². The zero-order valence-electron chi connectivity index (χ0n) is 13.6. The van der Waals surface area contributed by atoms with Gasteiger partial charge in [-0.1, -0.05) is 30.3 Å². The van der Waals surface area contributed by atoms with Crippen molar-refractivity contribution in [1.82, 2.24) is 0 Å². The Morgan fingerprint density at radius 1 is 0.870 bits per heavy atom. The van der Waals surface area contributed by atoms with Crippen molar-refractivity contribution in [1.29, 1.82) is 0 Å². The number of benzene rings is 2. The summed E-state index contributed by atoms with van der Waals surface area (Å²) in [6, 6.07) is 12.8. The first-order chi connectivity index (χ1) is 11.0. The lowest BCUT2D eigenvalue weighted by Crippen LogP contribution is -2.19. The highest BCUT2D eigenvalue weighted by molar-refractivity contribution is 5.98. The van der Waals surface area contributed by atoms with E-state index in [1.807, 2.05) is 45.0 Å². The SMILES string of the molecule is Cc1ccc(C(=O)COC(=O)COc2ccccc2C)cc1C. The van der Waals surface area contributed by atoms with Crippen LogP contribution in [0.25, 0.3) is 0 Å². The molecule has 0 unspecified atom stereocenters. The molecule has 0 atom stereocenters. The van der Waals surface area contributed by atoms with Crippen LogP contribution >= 0.6 is 0 Å². The number of para-hydroxylation sites is 1. The average molecular weight is 312 g/mol. The van der Waals surface area contributed by atoms with Crippen molar-refractivity contribution in [3.63, 3.8) is 0 Å². The van der Waals surface area contributed by atoms with E-state index in [1.165, 1.54) is 0 Å². The Kier molecular flexibility index (Phi) is 5.52. The predicted molar refractivity (Wildman–Crippen MR) is 87.9 cm³/mol. The third kappa shape index (κ3) is 4.68. The van der Waals surface area contributed by atoms with Crippen molar-refractivity contribution in [2.24, 2.45) is 0 Å². The number of ether oxygens (including phenoxy) is 2. The fraction of sp³-hybridized carbons (Fsp3) is 0.263. The summed E-state index contributed by atoms with van der Waals surface area (Å²) in [6.07, 6.45) is 0. The topological polar surface area (TPSA) is 52.6 Å². The molecule has 0 aliphatic carbocycles. The van der Waals surface area contributed by atoms with Gasteiger partial charge in [0.1, 0.15) is 5.75 Å². The van der Waals surface area contributed by atoms with E-state index >= 15 is 0 Å². The maximum Gasteiger partial charge on any atom is 0.344 e. The van der Waals surface area contributed by atoms with Crippen molar-refractivity contribution in [3.05, 3.63) is 64.7 Å². The molecule has 4 heteroatoms. The lowest BCUT2D eigenvalue weighted by Gasteiger charge is -2.09. The summed E-state index contributed by atoms with van der Waals surface area (Å²) in [5, 5.41) is 0. The summed E-state index contributed by atoms with van der Waals surface area (Å²) < 4.78 is 10.4. The molecule has 0 spiro atoms. The van der Waals surface area contributed by atoms with Gasteiger partial charge in [0.15, 0.2) is 19.0 Å². The molecule has 4 nitrogen and oxygen atoms in total. The zero-order chi connectivity index (χ0) is 16.8. The maximum atomic E-state index is 12.0. The normalized spacial score (nSPS) is 10.2. The number of rotatable bonds is 6.